The zero-order valence-electron chi connectivity index (χ0n) is 6.13. The van der Waals surface area contributed by atoms with Crippen LogP contribution in [0.1, 0.15) is 6.42 Å². The number of hydrogen-bond acceptors (Lipinski definition) is 3. The van der Waals surface area contributed by atoms with E-state index in [1.54, 1.807) is 11.8 Å². The predicted molar refractivity (Wildman–Crippen MR) is 49.7 cm³/mol. The van der Waals surface area contributed by atoms with Gasteiger partial charge in [-0.2, -0.15) is 5.10 Å². The van der Waals surface area contributed by atoms with Crippen LogP contribution in [0.2, 0.25) is 0 Å². The number of nitrogens with zero attached hydrogens (tertiary/aromatic N) is 2. The van der Waals surface area contributed by atoms with E-state index in [0.717, 1.165) is 17.3 Å². The van der Waals surface area contributed by atoms with E-state index < -0.39 is 4.33 Å². The van der Waals surface area contributed by atoms with E-state index in [-0.39, 0.29) is 0 Å². The van der Waals surface area contributed by atoms with Gasteiger partial charge >= 0.3 is 0 Å². The van der Waals surface area contributed by atoms with Crippen molar-refractivity contribution < 1.29 is 0 Å². The summed E-state index contributed by atoms with van der Waals surface area (Å²) in [5, 5.41) is 7.32. The molecular weight excluding hydrogens is 217 g/mol. The van der Waals surface area contributed by atoms with Crippen molar-refractivity contribution in [3.8, 4) is 0 Å². The standard InChI is InChI=1S/C6H7Cl2N3S/c7-6(8)1-4(6)2-12-5-9-3-10-11-5/h3-4H,1-2H2,(H,9,10,11)/t4-/m0/s1. The zero-order chi connectivity index (χ0) is 8.60. The SMILES string of the molecule is ClC1(Cl)C[C@H]1CSc1ncn[nH]1. The van der Waals surface area contributed by atoms with Gasteiger partial charge in [0.25, 0.3) is 0 Å². The number of halogens is 2. The molecule has 66 valence electrons. The minimum Gasteiger partial charge on any atom is -0.254 e. The largest absolute Gasteiger partial charge is 0.254 e. The Morgan fingerprint density at radius 1 is 1.75 bits per heavy atom. The molecule has 1 saturated carbocycles. The van der Waals surface area contributed by atoms with E-state index >= 15 is 0 Å². The quantitative estimate of drug-likeness (QED) is 0.631. The fourth-order valence-corrected chi connectivity index (χ4v) is 2.60. The summed E-state index contributed by atoms with van der Waals surface area (Å²) in [6, 6.07) is 0. The van der Waals surface area contributed by atoms with Crippen molar-refractivity contribution in [1.29, 1.82) is 0 Å². The molecule has 6 heteroatoms. The third-order valence-electron chi connectivity index (χ3n) is 1.77. The lowest BCUT2D eigenvalue weighted by Crippen LogP contribution is -1.93. The molecule has 0 aromatic carbocycles. The van der Waals surface area contributed by atoms with Gasteiger partial charge in [0.15, 0.2) is 5.16 Å². The first-order valence-corrected chi connectivity index (χ1v) is 5.28. The minimum atomic E-state index is -0.479. The summed E-state index contributed by atoms with van der Waals surface area (Å²) in [6.45, 7) is 0. The Labute approximate surface area is 84.2 Å². The van der Waals surface area contributed by atoms with Gasteiger partial charge in [-0.25, -0.2) is 4.98 Å². The Morgan fingerprint density at radius 3 is 3.00 bits per heavy atom. The van der Waals surface area contributed by atoms with Gasteiger partial charge in [-0.05, 0) is 6.42 Å². The highest BCUT2D eigenvalue weighted by Gasteiger charge is 2.51. The monoisotopic (exact) mass is 223 g/mol. The fourth-order valence-electron chi connectivity index (χ4n) is 0.894. The molecule has 2 rings (SSSR count). The van der Waals surface area contributed by atoms with E-state index in [1.807, 2.05) is 0 Å². The maximum atomic E-state index is 5.85. The molecule has 1 heterocycles. The highest BCUT2D eigenvalue weighted by Crippen LogP contribution is 2.54. The smallest absolute Gasteiger partial charge is 0.183 e. The number of rotatable bonds is 3. The summed E-state index contributed by atoms with van der Waals surface area (Å²) < 4.78 is -0.479. The molecule has 0 radical (unpaired) electrons. The number of H-pyrrole nitrogens is 1. The lowest BCUT2D eigenvalue weighted by atomic mass is 10.5. The van der Waals surface area contributed by atoms with Gasteiger partial charge in [0.05, 0.1) is 0 Å². The lowest BCUT2D eigenvalue weighted by Gasteiger charge is -1.96. The molecule has 1 fully saturated rings. The second-order valence-electron chi connectivity index (χ2n) is 2.76. The number of nitrogens with one attached hydrogen (secondary N) is 1. The van der Waals surface area contributed by atoms with Gasteiger partial charge in [0.2, 0.25) is 0 Å². The molecule has 1 aliphatic carbocycles. The van der Waals surface area contributed by atoms with E-state index in [2.05, 4.69) is 15.2 Å². The fraction of sp³-hybridized carbons (Fsp3) is 0.667. The maximum absolute atomic E-state index is 5.85. The van der Waals surface area contributed by atoms with Crippen LogP contribution in [0.25, 0.3) is 0 Å². The third kappa shape index (κ3) is 1.87. The van der Waals surface area contributed by atoms with Gasteiger partial charge in [0.1, 0.15) is 10.7 Å². The van der Waals surface area contributed by atoms with Crippen molar-refractivity contribution >= 4 is 35.0 Å². The third-order valence-corrected chi connectivity index (χ3v) is 3.73. The average Bonchev–Trinajstić information content (AvgIpc) is 2.54. The Balaban J connectivity index is 1.78. The number of hydrogen-bond donors (Lipinski definition) is 1. The summed E-state index contributed by atoms with van der Waals surface area (Å²) in [7, 11) is 0. The van der Waals surface area contributed by atoms with Gasteiger partial charge in [0, 0.05) is 11.7 Å². The molecule has 0 aliphatic heterocycles. The van der Waals surface area contributed by atoms with Crippen LogP contribution in [0.4, 0.5) is 0 Å². The lowest BCUT2D eigenvalue weighted by molar-refractivity contribution is 0.944. The van der Waals surface area contributed by atoms with E-state index in [1.165, 1.54) is 6.33 Å². The number of aromatic nitrogens is 3. The summed E-state index contributed by atoms with van der Waals surface area (Å²) in [5.74, 6) is 1.30. The molecule has 1 atom stereocenters. The second kappa shape index (κ2) is 3.09. The van der Waals surface area contributed by atoms with Gasteiger partial charge < -0.3 is 0 Å². The second-order valence-corrected chi connectivity index (χ2v) is 5.31. The Hall–Kier alpha value is 0.0700. The van der Waals surface area contributed by atoms with Gasteiger partial charge in [-0.15, -0.1) is 23.2 Å². The highest BCUT2D eigenvalue weighted by molar-refractivity contribution is 7.99. The van der Waals surface area contributed by atoms with Crippen LogP contribution in [0.5, 0.6) is 0 Å². The first kappa shape index (κ1) is 8.66. The molecule has 0 unspecified atom stereocenters. The van der Waals surface area contributed by atoms with Crippen molar-refractivity contribution in [3.63, 3.8) is 0 Å². The number of aromatic amines is 1. The summed E-state index contributed by atoms with van der Waals surface area (Å²) in [6.07, 6.45) is 2.38. The van der Waals surface area contributed by atoms with Crippen molar-refractivity contribution in [1.82, 2.24) is 15.2 Å². The molecule has 0 spiro atoms. The summed E-state index contributed by atoms with van der Waals surface area (Å²) in [5.41, 5.74) is 0. The molecule has 0 amide bonds. The van der Waals surface area contributed by atoms with Crippen molar-refractivity contribution in [2.24, 2.45) is 5.92 Å². The van der Waals surface area contributed by atoms with E-state index in [9.17, 15) is 0 Å². The van der Waals surface area contributed by atoms with Crippen LogP contribution in [0, 0.1) is 5.92 Å². The minimum absolute atomic E-state index is 0.399. The van der Waals surface area contributed by atoms with Crippen LogP contribution < -0.4 is 0 Å². The van der Waals surface area contributed by atoms with Gasteiger partial charge in [-0.3, -0.25) is 5.10 Å². The zero-order valence-corrected chi connectivity index (χ0v) is 8.46. The van der Waals surface area contributed by atoms with Crippen LogP contribution in [0.15, 0.2) is 11.5 Å². The normalized spacial score (nSPS) is 25.7. The number of thioether (sulfide) groups is 1. The van der Waals surface area contributed by atoms with Crippen LogP contribution in [-0.4, -0.2) is 25.3 Å². The van der Waals surface area contributed by atoms with Crippen LogP contribution >= 0.6 is 35.0 Å². The molecule has 1 aromatic heterocycles. The molecular formula is C6H7Cl2N3S. The molecule has 1 N–H and O–H groups in total. The van der Waals surface area contributed by atoms with Gasteiger partial charge in [-0.1, -0.05) is 11.8 Å². The molecule has 0 saturated heterocycles. The molecule has 12 heavy (non-hydrogen) atoms. The molecule has 3 nitrogen and oxygen atoms in total. The average molecular weight is 224 g/mol. The first-order chi connectivity index (χ1) is 5.68. The van der Waals surface area contributed by atoms with Crippen molar-refractivity contribution in [3.05, 3.63) is 6.33 Å². The number of alkyl halides is 2. The molecule has 1 aromatic rings. The molecule has 1 aliphatic rings. The van der Waals surface area contributed by atoms with Crippen molar-refractivity contribution in [2.45, 2.75) is 15.9 Å². The summed E-state index contributed by atoms with van der Waals surface area (Å²) >= 11 is 13.3. The predicted octanol–water partition coefficient (Wildman–Crippen LogP) is 2.09. The Bertz CT molecular complexity index is 262. The van der Waals surface area contributed by atoms with Crippen LogP contribution in [-0.2, 0) is 0 Å². The van der Waals surface area contributed by atoms with Crippen molar-refractivity contribution in [2.75, 3.05) is 5.75 Å². The van der Waals surface area contributed by atoms with E-state index in [4.69, 9.17) is 23.2 Å². The van der Waals surface area contributed by atoms with E-state index in [0.29, 0.717) is 5.92 Å². The Kier molecular flexibility index (Phi) is 2.23. The Morgan fingerprint density at radius 2 is 2.50 bits per heavy atom. The first-order valence-electron chi connectivity index (χ1n) is 3.54. The summed E-state index contributed by atoms with van der Waals surface area (Å²) in [4.78, 5) is 3.97. The highest BCUT2D eigenvalue weighted by atomic mass is 35.5. The maximum Gasteiger partial charge on any atom is 0.183 e. The van der Waals surface area contributed by atoms with Crippen LogP contribution in [0.3, 0.4) is 0 Å². The topological polar surface area (TPSA) is 41.6 Å². The molecule has 0 bridgehead atoms.